The van der Waals surface area contributed by atoms with Gasteiger partial charge in [0.2, 0.25) is 4.87 Å². The molecule has 0 aliphatic carbocycles. The van der Waals surface area contributed by atoms with E-state index in [0.717, 1.165) is 5.75 Å². The number of aliphatic hydroxyl groups excluding tert-OH is 2. The zero-order valence-corrected chi connectivity index (χ0v) is 15.1. The molecule has 0 aromatic carbocycles. The normalized spacial score (nSPS) is 44.0. The SMILES string of the molecule is CCSC12N=CN([C@@H]3O[C@H](C)[C@@H](O)[C@H]3O)C1=NC(I)N=C2N. The molecule has 0 spiro atoms. The maximum Gasteiger partial charge on any atom is 0.221 e. The second-order valence-electron chi connectivity index (χ2n) is 5.22. The minimum atomic E-state index is -1.04. The summed E-state index contributed by atoms with van der Waals surface area (Å²) in [5.41, 5.74) is 6.13. The Morgan fingerprint density at radius 3 is 2.77 bits per heavy atom. The predicted octanol–water partition coefficient (Wildman–Crippen LogP) is -0.266. The Morgan fingerprint density at radius 2 is 2.18 bits per heavy atom. The summed E-state index contributed by atoms with van der Waals surface area (Å²) in [6.07, 6.45) is -1.62. The summed E-state index contributed by atoms with van der Waals surface area (Å²) in [6.45, 7) is 3.72. The molecule has 0 saturated carbocycles. The molecular weight excluding hydrogens is 421 g/mol. The monoisotopic (exact) mass is 439 g/mol. The average Bonchev–Trinajstić information content (AvgIpc) is 2.94. The van der Waals surface area contributed by atoms with E-state index < -0.39 is 29.4 Å². The van der Waals surface area contributed by atoms with E-state index in [4.69, 9.17) is 10.5 Å². The first-order valence-electron chi connectivity index (χ1n) is 6.96. The van der Waals surface area contributed by atoms with Gasteiger partial charge in [0, 0.05) is 0 Å². The fourth-order valence-corrected chi connectivity index (χ4v) is 4.32. The highest BCUT2D eigenvalue weighted by Crippen LogP contribution is 2.39. The second kappa shape index (κ2) is 5.89. The summed E-state index contributed by atoms with van der Waals surface area (Å²) in [7, 11) is 0. The van der Waals surface area contributed by atoms with Crippen LogP contribution in [0.5, 0.6) is 0 Å². The van der Waals surface area contributed by atoms with E-state index >= 15 is 0 Å². The number of nitrogens with zero attached hydrogens (tertiary/aromatic N) is 4. The first-order chi connectivity index (χ1) is 10.4. The third kappa shape index (κ3) is 2.35. The average molecular weight is 439 g/mol. The molecule has 3 rings (SSSR count). The van der Waals surface area contributed by atoms with Crippen LogP contribution in [0.1, 0.15) is 13.8 Å². The number of aliphatic imine (C=N–C) groups is 3. The van der Waals surface area contributed by atoms with Crippen LogP contribution in [-0.4, -0.2) is 72.5 Å². The van der Waals surface area contributed by atoms with Crippen molar-refractivity contribution in [2.45, 2.75) is 47.4 Å². The summed E-state index contributed by atoms with van der Waals surface area (Å²) in [4.78, 5) is 14.1. The zero-order chi connectivity index (χ0) is 16.1. The van der Waals surface area contributed by atoms with E-state index in [1.54, 1.807) is 18.2 Å². The summed E-state index contributed by atoms with van der Waals surface area (Å²) in [6, 6.07) is 0. The van der Waals surface area contributed by atoms with E-state index in [1.165, 1.54) is 11.8 Å². The lowest BCUT2D eigenvalue weighted by Crippen LogP contribution is -2.55. The molecule has 4 N–H and O–H groups in total. The van der Waals surface area contributed by atoms with Crippen molar-refractivity contribution in [1.82, 2.24) is 4.90 Å². The van der Waals surface area contributed by atoms with Crippen LogP contribution < -0.4 is 5.73 Å². The Balaban J connectivity index is 1.95. The highest BCUT2D eigenvalue weighted by atomic mass is 127. The van der Waals surface area contributed by atoms with E-state index in [1.807, 2.05) is 6.92 Å². The molecule has 0 amide bonds. The van der Waals surface area contributed by atoms with Gasteiger partial charge < -0.3 is 20.7 Å². The number of thioether (sulfide) groups is 1. The van der Waals surface area contributed by atoms with E-state index in [9.17, 15) is 10.2 Å². The number of hydrogen-bond donors (Lipinski definition) is 3. The highest BCUT2D eigenvalue weighted by Gasteiger charge is 2.54. The molecular formula is C12H18IN5O3S. The van der Waals surface area contributed by atoms with Crippen LogP contribution in [0, 0.1) is 0 Å². The highest BCUT2D eigenvalue weighted by molar-refractivity contribution is 14.1. The number of amidine groups is 2. The van der Waals surface area contributed by atoms with Crippen LogP contribution in [0.3, 0.4) is 0 Å². The maximum absolute atomic E-state index is 10.2. The van der Waals surface area contributed by atoms with Gasteiger partial charge in [-0.15, -0.1) is 11.8 Å². The molecule has 122 valence electrons. The van der Waals surface area contributed by atoms with Crippen LogP contribution in [-0.2, 0) is 4.74 Å². The minimum absolute atomic E-state index is 0.344. The molecule has 6 atom stereocenters. The Hall–Kier alpha value is -0.430. The van der Waals surface area contributed by atoms with Crippen LogP contribution >= 0.6 is 34.4 Å². The summed E-state index contributed by atoms with van der Waals surface area (Å²) in [5, 5.41) is 20.1. The van der Waals surface area contributed by atoms with Gasteiger partial charge in [0.25, 0.3) is 0 Å². The van der Waals surface area contributed by atoms with Crippen molar-refractivity contribution in [1.29, 1.82) is 0 Å². The van der Waals surface area contributed by atoms with Crippen molar-refractivity contribution < 1.29 is 14.9 Å². The number of alkyl halides is 1. The molecule has 22 heavy (non-hydrogen) atoms. The van der Waals surface area contributed by atoms with Crippen molar-refractivity contribution in [2.24, 2.45) is 20.7 Å². The smallest absolute Gasteiger partial charge is 0.221 e. The molecule has 10 heteroatoms. The predicted molar refractivity (Wildman–Crippen MR) is 94.4 cm³/mol. The van der Waals surface area contributed by atoms with Crippen LogP contribution in [0.2, 0.25) is 0 Å². The van der Waals surface area contributed by atoms with Gasteiger partial charge in [-0.05, 0) is 35.3 Å². The van der Waals surface area contributed by atoms with E-state index in [2.05, 4.69) is 37.6 Å². The molecule has 0 radical (unpaired) electrons. The lowest BCUT2D eigenvalue weighted by molar-refractivity contribution is -0.0308. The quantitative estimate of drug-likeness (QED) is 0.317. The molecule has 1 fully saturated rings. The van der Waals surface area contributed by atoms with Crippen molar-refractivity contribution in [3.05, 3.63) is 0 Å². The van der Waals surface area contributed by atoms with Gasteiger partial charge in [0.15, 0.2) is 16.2 Å². The summed E-state index contributed by atoms with van der Waals surface area (Å²) < 4.78 is 5.33. The number of rotatable bonds is 3. The summed E-state index contributed by atoms with van der Waals surface area (Å²) >= 11 is 3.59. The molecule has 3 aliphatic heterocycles. The van der Waals surface area contributed by atoms with Gasteiger partial charge in [-0.3, -0.25) is 4.90 Å². The van der Waals surface area contributed by atoms with E-state index in [-0.39, 0.29) is 4.17 Å². The molecule has 8 nitrogen and oxygen atoms in total. The summed E-state index contributed by atoms with van der Waals surface area (Å²) in [5.74, 6) is 1.76. The Kier molecular flexibility index (Phi) is 4.40. The van der Waals surface area contributed by atoms with Gasteiger partial charge in [-0.1, -0.05) is 6.92 Å². The Labute approximate surface area is 146 Å². The molecule has 0 aromatic rings. The topological polar surface area (TPSA) is 116 Å². The zero-order valence-electron chi connectivity index (χ0n) is 12.1. The van der Waals surface area contributed by atoms with Crippen LogP contribution in [0.15, 0.2) is 15.0 Å². The Morgan fingerprint density at radius 1 is 1.45 bits per heavy atom. The Bertz CT molecular complexity index is 559. The number of aliphatic hydroxyl groups is 2. The van der Waals surface area contributed by atoms with Gasteiger partial charge >= 0.3 is 0 Å². The fraction of sp³-hybridized carbons (Fsp3) is 0.750. The van der Waals surface area contributed by atoms with Gasteiger partial charge in [0.05, 0.1) is 12.4 Å². The number of halogens is 1. The molecule has 0 bridgehead atoms. The third-order valence-electron chi connectivity index (χ3n) is 3.84. The van der Waals surface area contributed by atoms with Crippen LogP contribution in [0.25, 0.3) is 0 Å². The number of fused-ring (bicyclic) bond motifs is 1. The van der Waals surface area contributed by atoms with Crippen molar-refractivity contribution in [3.8, 4) is 0 Å². The molecule has 1 saturated heterocycles. The third-order valence-corrected chi connectivity index (χ3v) is 5.60. The molecule has 3 aliphatic rings. The van der Waals surface area contributed by atoms with Gasteiger partial charge in [0.1, 0.15) is 18.0 Å². The fourth-order valence-electron chi connectivity index (χ4n) is 2.73. The first kappa shape index (κ1) is 16.4. The largest absolute Gasteiger partial charge is 0.388 e. The van der Waals surface area contributed by atoms with Crippen molar-refractivity contribution >= 4 is 52.4 Å². The second-order valence-corrected chi connectivity index (χ2v) is 7.79. The minimum Gasteiger partial charge on any atom is -0.388 e. The van der Waals surface area contributed by atoms with Gasteiger partial charge in [-0.2, -0.15) is 0 Å². The molecule has 2 unspecified atom stereocenters. The van der Waals surface area contributed by atoms with Gasteiger partial charge in [-0.25, -0.2) is 15.0 Å². The van der Waals surface area contributed by atoms with Crippen LogP contribution in [0.4, 0.5) is 0 Å². The maximum atomic E-state index is 10.2. The lowest BCUT2D eigenvalue weighted by Gasteiger charge is -2.34. The van der Waals surface area contributed by atoms with E-state index in [0.29, 0.717) is 11.7 Å². The number of nitrogens with two attached hydrogens (primary N) is 1. The van der Waals surface area contributed by atoms with Crippen molar-refractivity contribution in [2.75, 3.05) is 5.75 Å². The lowest BCUT2D eigenvalue weighted by atomic mass is 10.1. The number of hydrogen-bond acceptors (Lipinski definition) is 9. The standard InChI is InChI=1S/C12H18IN5O3S/c1-3-22-12-9(14)16-11(13)17-10(12)18(4-15-12)8-7(20)6(19)5(2)21-8/h4-8,11,19-20H,3H2,1-2H3,(H2,14,16)/t5-,6-,7-,8-,11?,12?/m1/s1. The molecule has 3 heterocycles. The van der Waals surface area contributed by atoms with Crippen molar-refractivity contribution in [3.63, 3.8) is 0 Å². The first-order valence-corrected chi connectivity index (χ1v) is 9.19. The number of ether oxygens (including phenoxy) is 1. The molecule has 0 aromatic heterocycles.